The molecule has 100 valence electrons. The third kappa shape index (κ3) is 2.10. The van der Waals surface area contributed by atoms with Crippen LogP contribution in [-0.2, 0) is 0 Å². The topological polar surface area (TPSA) is 32.9 Å². The SMILES string of the molecule is Cc1cc(Cl)cc(C(=O)c2c[nH]c3cccc(F)c23)c1. The zero-order valence-corrected chi connectivity index (χ0v) is 11.5. The summed E-state index contributed by atoms with van der Waals surface area (Å²) in [6, 6.07) is 9.79. The minimum atomic E-state index is -0.411. The Bertz CT molecular complexity index is 802. The number of carbonyl (C=O) groups is 1. The second kappa shape index (κ2) is 4.76. The maximum absolute atomic E-state index is 13.9. The van der Waals surface area contributed by atoms with E-state index in [0.717, 1.165) is 5.56 Å². The van der Waals surface area contributed by atoms with Crippen LogP contribution >= 0.6 is 11.6 Å². The lowest BCUT2D eigenvalue weighted by Crippen LogP contribution is -2.01. The number of benzene rings is 2. The summed E-state index contributed by atoms with van der Waals surface area (Å²) in [5, 5.41) is 0.809. The number of H-pyrrole nitrogens is 1. The van der Waals surface area contributed by atoms with Gasteiger partial charge in [-0.25, -0.2) is 4.39 Å². The highest BCUT2D eigenvalue weighted by Gasteiger charge is 2.17. The zero-order chi connectivity index (χ0) is 14.3. The molecule has 0 atom stereocenters. The van der Waals surface area contributed by atoms with Crippen LogP contribution in [0.5, 0.6) is 0 Å². The standard InChI is InChI=1S/C16H11ClFNO/c1-9-5-10(7-11(17)6-9)16(20)12-8-19-14-4-2-3-13(18)15(12)14/h2-8,19H,1H3. The predicted octanol–water partition coefficient (Wildman–Crippen LogP) is 4.50. The number of fused-ring (bicyclic) bond motifs is 1. The van der Waals surface area contributed by atoms with E-state index >= 15 is 0 Å². The van der Waals surface area contributed by atoms with E-state index in [-0.39, 0.29) is 5.78 Å². The molecule has 2 aromatic carbocycles. The monoisotopic (exact) mass is 287 g/mol. The van der Waals surface area contributed by atoms with Gasteiger partial charge in [-0.15, -0.1) is 0 Å². The molecule has 20 heavy (non-hydrogen) atoms. The van der Waals surface area contributed by atoms with E-state index in [1.165, 1.54) is 12.3 Å². The third-order valence-electron chi connectivity index (χ3n) is 3.20. The number of hydrogen-bond donors (Lipinski definition) is 1. The van der Waals surface area contributed by atoms with Crippen molar-refractivity contribution in [2.45, 2.75) is 6.92 Å². The molecular weight excluding hydrogens is 277 g/mol. The van der Waals surface area contributed by atoms with Crippen molar-refractivity contribution >= 4 is 28.3 Å². The molecule has 0 aliphatic carbocycles. The first-order valence-electron chi connectivity index (χ1n) is 6.14. The summed E-state index contributed by atoms with van der Waals surface area (Å²) in [5.74, 6) is -0.655. The second-order valence-corrected chi connectivity index (χ2v) is 5.15. The lowest BCUT2D eigenvalue weighted by Gasteiger charge is -2.03. The number of ketones is 1. The van der Waals surface area contributed by atoms with Crippen molar-refractivity contribution < 1.29 is 9.18 Å². The molecule has 1 heterocycles. The molecule has 0 radical (unpaired) electrons. The van der Waals surface area contributed by atoms with Crippen LogP contribution in [0.15, 0.2) is 42.6 Å². The quantitative estimate of drug-likeness (QED) is 0.692. The van der Waals surface area contributed by atoms with Crippen LogP contribution in [0.25, 0.3) is 10.9 Å². The molecule has 0 saturated carbocycles. The first-order chi connectivity index (χ1) is 9.56. The number of hydrogen-bond acceptors (Lipinski definition) is 1. The van der Waals surface area contributed by atoms with Crippen molar-refractivity contribution in [2.24, 2.45) is 0 Å². The summed E-state index contributed by atoms with van der Waals surface area (Å²) in [5.41, 5.74) is 2.27. The molecular formula is C16H11ClFNO. The third-order valence-corrected chi connectivity index (χ3v) is 3.42. The van der Waals surface area contributed by atoms with Crippen LogP contribution in [0, 0.1) is 12.7 Å². The summed E-state index contributed by atoms with van der Waals surface area (Å²) < 4.78 is 13.9. The van der Waals surface area contributed by atoms with E-state index in [4.69, 9.17) is 11.6 Å². The average molecular weight is 288 g/mol. The van der Waals surface area contributed by atoms with Gasteiger partial charge in [-0.05, 0) is 42.8 Å². The Morgan fingerprint density at radius 3 is 2.80 bits per heavy atom. The maximum Gasteiger partial charge on any atom is 0.195 e. The lowest BCUT2D eigenvalue weighted by atomic mass is 10.0. The molecule has 0 saturated heterocycles. The van der Waals surface area contributed by atoms with Crippen LogP contribution in [-0.4, -0.2) is 10.8 Å². The van der Waals surface area contributed by atoms with Gasteiger partial charge in [-0.1, -0.05) is 17.7 Å². The van der Waals surface area contributed by atoms with E-state index in [9.17, 15) is 9.18 Å². The molecule has 2 nitrogen and oxygen atoms in total. The van der Waals surface area contributed by atoms with Crippen molar-refractivity contribution in [3.05, 3.63) is 70.1 Å². The highest BCUT2D eigenvalue weighted by atomic mass is 35.5. The highest BCUT2D eigenvalue weighted by molar-refractivity contribution is 6.31. The van der Waals surface area contributed by atoms with E-state index in [0.29, 0.717) is 27.1 Å². The van der Waals surface area contributed by atoms with Crippen molar-refractivity contribution in [3.8, 4) is 0 Å². The molecule has 0 bridgehead atoms. The molecule has 0 aliphatic heterocycles. The van der Waals surface area contributed by atoms with Crippen LogP contribution in [0.3, 0.4) is 0 Å². The van der Waals surface area contributed by atoms with E-state index in [1.807, 2.05) is 6.92 Å². The fourth-order valence-corrected chi connectivity index (χ4v) is 2.63. The van der Waals surface area contributed by atoms with Gasteiger partial charge < -0.3 is 4.98 Å². The van der Waals surface area contributed by atoms with Gasteiger partial charge in [0.2, 0.25) is 0 Å². The second-order valence-electron chi connectivity index (χ2n) is 4.71. The number of nitrogens with one attached hydrogen (secondary N) is 1. The summed E-state index contributed by atoms with van der Waals surface area (Å²) >= 11 is 5.97. The summed E-state index contributed by atoms with van der Waals surface area (Å²) in [6.45, 7) is 1.86. The Labute approximate surface area is 120 Å². The number of halogens is 2. The smallest absolute Gasteiger partial charge is 0.195 e. The van der Waals surface area contributed by atoms with E-state index in [1.54, 1.807) is 30.3 Å². The fourth-order valence-electron chi connectivity index (χ4n) is 2.34. The predicted molar refractivity (Wildman–Crippen MR) is 77.9 cm³/mol. The molecule has 4 heteroatoms. The van der Waals surface area contributed by atoms with Gasteiger partial charge in [0.15, 0.2) is 5.78 Å². The molecule has 0 unspecified atom stereocenters. The minimum Gasteiger partial charge on any atom is -0.360 e. The van der Waals surface area contributed by atoms with Gasteiger partial charge in [0.1, 0.15) is 5.82 Å². The number of rotatable bonds is 2. The lowest BCUT2D eigenvalue weighted by molar-refractivity contribution is 0.104. The fraction of sp³-hybridized carbons (Fsp3) is 0.0625. The zero-order valence-electron chi connectivity index (χ0n) is 10.7. The number of aromatic nitrogens is 1. The van der Waals surface area contributed by atoms with Crippen LogP contribution in [0.2, 0.25) is 5.02 Å². The minimum absolute atomic E-state index is 0.244. The molecule has 1 aromatic heterocycles. The first-order valence-corrected chi connectivity index (χ1v) is 6.51. The molecule has 0 aliphatic rings. The molecule has 0 spiro atoms. The Hall–Kier alpha value is -2.13. The van der Waals surface area contributed by atoms with Crippen LogP contribution in [0.1, 0.15) is 21.5 Å². The van der Waals surface area contributed by atoms with Gasteiger partial charge >= 0.3 is 0 Å². The van der Waals surface area contributed by atoms with Crippen molar-refractivity contribution in [1.82, 2.24) is 4.98 Å². The molecule has 3 rings (SSSR count). The summed E-state index contributed by atoms with van der Waals surface area (Å²) in [4.78, 5) is 15.4. The van der Waals surface area contributed by atoms with Crippen molar-refractivity contribution in [3.63, 3.8) is 0 Å². The van der Waals surface area contributed by atoms with Gasteiger partial charge in [0.25, 0.3) is 0 Å². The van der Waals surface area contributed by atoms with Crippen LogP contribution < -0.4 is 0 Å². The van der Waals surface area contributed by atoms with Crippen molar-refractivity contribution in [2.75, 3.05) is 0 Å². The Kier molecular flexibility index (Phi) is 3.07. The van der Waals surface area contributed by atoms with Gasteiger partial charge in [-0.2, -0.15) is 0 Å². The maximum atomic E-state index is 13.9. The average Bonchev–Trinajstić information content (AvgIpc) is 2.82. The first kappa shape index (κ1) is 12.9. The Morgan fingerprint density at radius 1 is 1.25 bits per heavy atom. The number of aryl methyl sites for hydroxylation is 1. The molecule has 3 aromatic rings. The largest absolute Gasteiger partial charge is 0.360 e. The number of aromatic amines is 1. The van der Waals surface area contributed by atoms with Crippen LogP contribution in [0.4, 0.5) is 4.39 Å². The summed E-state index contributed by atoms with van der Waals surface area (Å²) in [6.07, 6.45) is 1.53. The summed E-state index contributed by atoms with van der Waals surface area (Å²) in [7, 11) is 0. The molecule has 0 fully saturated rings. The number of carbonyl (C=O) groups excluding carboxylic acids is 1. The Balaban J connectivity index is 2.18. The molecule has 0 amide bonds. The normalized spacial score (nSPS) is 10.9. The van der Waals surface area contributed by atoms with E-state index in [2.05, 4.69) is 4.98 Å². The van der Waals surface area contributed by atoms with E-state index < -0.39 is 5.82 Å². The van der Waals surface area contributed by atoms with Crippen molar-refractivity contribution in [1.29, 1.82) is 0 Å². The molecule has 1 N–H and O–H groups in total. The van der Waals surface area contributed by atoms with Gasteiger partial charge in [0.05, 0.1) is 5.56 Å². The van der Waals surface area contributed by atoms with Gasteiger partial charge in [0, 0.05) is 27.7 Å². The Morgan fingerprint density at radius 2 is 2.05 bits per heavy atom. The van der Waals surface area contributed by atoms with Gasteiger partial charge in [-0.3, -0.25) is 4.79 Å². The highest BCUT2D eigenvalue weighted by Crippen LogP contribution is 2.25.